The van der Waals surface area contributed by atoms with E-state index < -0.39 is 11.2 Å². The van der Waals surface area contributed by atoms with Crippen LogP contribution in [0.1, 0.15) is 31.0 Å². The zero-order valence-corrected chi connectivity index (χ0v) is 17.6. The zero-order chi connectivity index (χ0) is 22.1. The van der Waals surface area contributed by atoms with Crippen LogP contribution in [0, 0.1) is 11.3 Å². The lowest BCUT2D eigenvalue weighted by Gasteiger charge is -2.39. The molecule has 164 valence electrons. The number of nitrogens with two attached hydrogens (primary N) is 1. The van der Waals surface area contributed by atoms with Gasteiger partial charge in [0.1, 0.15) is 17.6 Å². The van der Waals surface area contributed by atoms with Crippen molar-refractivity contribution in [1.82, 2.24) is 19.0 Å². The lowest BCUT2D eigenvalue weighted by molar-refractivity contribution is -0.0103. The fourth-order valence-corrected chi connectivity index (χ4v) is 4.37. The van der Waals surface area contributed by atoms with Gasteiger partial charge in [0, 0.05) is 32.9 Å². The lowest BCUT2D eigenvalue weighted by Crippen LogP contribution is -2.55. The van der Waals surface area contributed by atoms with E-state index in [1.165, 1.54) is 4.57 Å². The van der Waals surface area contributed by atoms with Crippen molar-refractivity contribution in [3.8, 4) is 6.07 Å². The standard InChI is InChI=1S/C20H26N8O3/c1-3-27-16-17(24-19(27)26-9-5-7-14(11-26)31-22)25(2)20(30)28(18(16)29)12-15-13(10-21)6-4-8-23-15/h4,6,8,14,19,24H,3,5,7,9,11-12,22H2,1-2H3. The van der Waals surface area contributed by atoms with Crippen LogP contribution < -0.4 is 27.4 Å². The summed E-state index contributed by atoms with van der Waals surface area (Å²) >= 11 is 0. The number of anilines is 2. The third kappa shape index (κ3) is 3.59. The minimum absolute atomic E-state index is 0.0719. The van der Waals surface area contributed by atoms with Crippen LogP contribution in [-0.2, 0) is 18.4 Å². The number of piperidine rings is 1. The Hall–Kier alpha value is -3.20. The summed E-state index contributed by atoms with van der Waals surface area (Å²) in [6, 6.07) is 5.33. The van der Waals surface area contributed by atoms with E-state index >= 15 is 0 Å². The van der Waals surface area contributed by atoms with Crippen LogP contribution in [-0.4, -0.2) is 51.0 Å². The summed E-state index contributed by atoms with van der Waals surface area (Å²) in [5.74, 6) is 5.89. The quantitative estimate of drug-likeness (QED) is 0.621. The van der Waals surface area contributed by atoms with Gasteiger partial charge in [0.15, 0.2) is 6.29 Å². The maximum Gasteiger partial charge on any atom is 0.332 e. The van der Waals surface area contributed by atoms with Crippen molar-refractivity contribution in [2.24, 2.45) is 12.9 Å². The molecule has 4 rings (SSSR count). The molecule has 0 radical (unpaired) electrons. The van der Waals surface area contributed by atoms with Crippen LogP contribution in [0.2, 0.25) is 0 Å². The summed E-state index contributed by atoms with van der Waals surface area (Å²) in [6.07, 6.45) is 2.99. The van der Waals surface area contributed by atoms with Crippen LogP contribution in [0.25, 0.3) is 0 Å². The van der Waals surface area contributed by atoms with Crippen LogP contribution >= 0.6 is 0 Å². The van der Waals surface area contributed by atoms with Gasteiger partial charge in [-0.25, -0.2) is 10.7 Å². The molecule has 1 saturated heterocycles. The highest BCUT2D eigenvalue weighted by molar-refractivity contribution is 5.71. The molecule has 11 nitrogen and oxygen atoms in total. The van der Waals surface area contributed by atoms with E-state index in [4.69, 9.17) is 10.7 Å². The van der Waals surface area contributed by atoms with E-state index in [1.54, 1.807) is 25.4 Å². The van der Waals surface area contributed by atoms with E-state index in [2.05, 4.69) is 21.3 Å². The second-order valence-corrected chi connectivity index (χ2v) is 7.74. The lowest BCUT2D eigenvalue weighted by atomic mass is 10.1. The van der Waals surface area contributed by atoms with Gasteiger partial charge in [0.05, 0.1) is 23.9 Å². The fraction of sp³-hybridized carbons (Fsp3) is 0.500. The normalized spacial score (nSPS) is 20.9. The monoisotopic (exact) mass is 426 g/mol. The summed E-state index contributed by atoms with van der Waals surface area (Å²) in [7, 11) is 1.63. The molecule has 2 aliphatic heterocycles. The smallest absolute Gasteiger partial charge is 0.332 e. The SMILES string of the molecule is CCN1c2c(n(C)c(=O)n(Cc3ncccc3C#N)c2=O)NC1N1CCCC(ON)C1. The van der Waals surface area contributed by atoms with Gasteiger partial charge in [-0.3, -0.25) is 28.7 Å². The number of nitrogens with zero attached hydrogens (tertiary/aromatic N) is 6. The molecule has 2 aromatic heterocycles. The van der Waals surface area contributed by atoms with Gasteiger partial charge in [0.2, 0.25) is 0 Å². The molecule has 2 unspecified atom stereocenters. The number of hydrogen-bond donors (Lipinski definition) is 2. The first kappa shape index (κ1) is 21.0. The van der Waals surface area contributed by atoms with Gasteiger partial charge in [-0.15, -0.1) is 0 Å². The predicted molar refractivity (Wildman–Crippen MR) is 114 cm³/mol. The van der Waals surface area contributed by atoms with Gasteiger partial charge in [-0.05, 0) is 31.9 Å². The van der Waals surface area contributed by atoms with E-state index in [-0.39, 0.29) is 18.9 Å². The van der Waals surface area contributed by atoms with Gasteiger partial charge >= 0.3 is 5.69 Å². The van der Waals surface area contributed by atoms with E-state index in [0.717, 1.165) is 24.0 Å². The Labute approximate surface area is 179 Å². The second kappa shape index (κ2) is 8.50. The largest absolute Gasteiger partial charge is 0.337 e. The highest BCUT2D eigenvalue weighted by Crippen LogP contribution is 2.32. The van der Waals surface area contributed by atoms with Gasteiger partial charge in [-0.2, -0.15) is 5.26 Å². The molecular weight excluding hydrogens is 400 g/mol. The van der Waals surface area contributed by atoms with Crippen LogP contribution in [0.4, 0.5) is 11.5 Å². The molecule has 31 heavy (non-hydrogen) atoms. The highest BCUT2D eigenvalue weighted by atomic mass is 16.6. The first-order valence-corrected chi connectivity index (χ1v) is 10.3. The predicted octanol–water partition coefficient (Wildman–Crippen LogP) is -0.248. The van der Waals surface area contributed by atoms with E-state index in [9.17, 15) is 14.9 Å². The van der Waals surface area contributed by atoms with Gasteiger partial charge < -0.3 is 10.2 Å². The van der Waals surface area contributed by atoms with Crippen molar-refractivity contribution in [1.29, 1.82) is 5.26 Å². The summed E-state index contributed by atoms with van der Waals surface area (Å²) in [5.41, 5.74) is 0.271. The molecule has 0 bridgehead atoms. The third-order valence-electron chi connectivity index (χ3n) is 5.98. The molecule has 0 aromatic carbocycles. The molecule has 2 aliphatic rings. The van der Waals surface area contributed by atoms with Crippen molar-refractivity contribution in [2.45, 2.75) is 38.7 Å². The number of fused-ring (bicyclic) bond motifs is 1. The van der Waals surface area contributed by atoms with E-state index in [1.807, 2.05) is 11.8 Å². The molecule has 1 fully saturated rings. The number of likely N-dealkylation sites (tertiary alicyclic amines) is 1. The number of aromatic nitrogens is 3. The first-order chi connectivity index (χ1) is 15.0. The highest BCUT2D eigenvalue weighted by Gasteiger charge is 2.39. The van der Waals surface area contributed by atoms with E-state index in [0.29, 0.717) is 35.9 Å². The minimum Gasteiger partial charge on any atom is -0.337 e. The number of pyridine rings is 1. The van der Waals surface area contributed by atoms with Crippen LogP contribution in [0.15, 0.2) is 27.9 Å². The summed E-state index contributed by atoms with van der Waals surface area (Å²) < 4.78 is 2.58. The molecule has 0 spiro atoms. The molecular formula is C20H26N8O3. The molecule has 2 atom stereocenters. The topological polar surface area (TPSA) is 134 Å². The Kier molecular flexibility index (Phi) is 5.77. The van der Waals surface area contributed by atoms with Crippen molar-refractivity contribution >= 4 is 11.5 Å². The van der Waals surface area contributed by atoms with Crippen LogP contribution in [0.3, 0.4) is 0 Å². The summed E-state index contributed by atoms with van der Waals surface area (Å²) in [5, 5.41) is 12.7. The van der Waals surface area contributed by atoms with Gasteiger partial charge in [0.25, 0.3) is 5.56 Å². The Bertz CT molecular complexity index is 1130. The average Bonchev–Trinajstić information content (AvgIpc) is 3.20. The van der Waals surface area contributed by atoms with Crippen molar-refractivity contribution < 1.29 is 4.84 Å². The number of rotatable bonds is 5. The summed E-state index contributed by atoms with van der Waals surface area (Å²) in [4.78, 5) is 39.9. The molecule has 0 amide bonds. The molecule has 4 heterocycles. The molecule has 0 aliphatic carbocycles. The van der Waals surface area contributed by atoms with Crippen molar-refractivity contribution in [2.75, 3.05) is 29.9 Å². The van der Waals surface area contributed by atoms with Gasteiger partial charge in [-0.1, -0.05) is 0 Å². The zero-order valence-electron chi connectivity index (χ0n) is 17.6. The third-order valence-corrected chi connectivity index (χ3v) is 5.98. The van der Waals surface area contributed by atoms with Crippen molar-refractivity contribution in [3.63, 3.8) is 0 Å². The molecule has 2 aromatic rings. The number of nitrogens with one attached hydrogen (secondary N) is 1. The molecule has 3 N–H and O–H groups in total. The first-order valence-electron chi connectivity index (χ1n) is 10.3. The maximum absolute atomic E-state index is 13.5. The van der Waals surface area contributed by atoms with Crippen LogP contribution in [0.5, 0.6) is 0 Å². The Morgan fingerprint density at radius 1 is 1.42 bits per heavy atom. The second-order valence-electron chi connectivity index (χ2n) is 7.74. The minimum atomic E-state index is -0.468. The maximum atomic E-state index is 13.5. The molecule has 11 heteroatoms. The van der Waals surface area contributed by atoms with Crippen molar-refractivity contribution in [3.05, 3.63) is 50.4 Å². The summed E-state index contributed by atoms with van der Waals surface area (Å²) in [6.45, 7) is 3.91. The number of hydrogen-bond acceptors (Lipinski definition) is 9. The Morgan fingerprint density at radius 3 is 2.94 bits per heavy atom. The Balaban J connectivity index is 1.75. The fourth-order valence-electron chi connectivity index (χ4n) is 4.37. The average molecular weight is 426 g/mol. The Morgan fingerprint density at radius 2 is 2.23 bits per heavy atom. The number of nitriles is 1. The molecule has 0 saturated carbocycles.